The van der Waals surface area contributed by atoms with Gasteiger partial charge in [-0.2, -0.15) is 0 Å². The van der Waals surface area contributed by atoms with Crippen molar-refractivity contribution in [2.75, 3.05) is 34.7 Å². The van der Waals surface area contributed by atoms with Gasteiger partial charge in [0.1, 0.15) is 0 Å². The number of benzene rings is 1. The average Bonchev–Trinajstić information content (AvgIpc) is 2.77. The average molecular weight is 310 g/mol. The van der Waals surface area contributed by atoms with Crippen molar-refractivity contribution in [3.63, 3.8) is 0 Å². The Kier molecular flexibility index (Phi) is 4.41. The Morgan fingerprint density at radius 3 is 2.57 bits per heavy atom. The summed E-state index contributed by atoms with van der Waals surface area (Å²) in [6.45, 7) is 1.03. The van der Waals surface area contributed by atoms with Gasteiger partial charge in [0.2, 0.25) is 10.0 Å². The van der Waals surface area contributed by atoms with E-state index in [9.17, 15) is 8.42 Å². The third kappa shape index (κ3) is 4.30. The van der Waals surface area contributed by atoms with Gasteiger partial charge in [0.15, 0.2) is 0 Å². The van der Waals surface area contributed by atoms with Crippen LogP contribution in [0, 0.1) is 0 Å². The normalized spacial score (nSPS) is 13.0. The van der Waals surface area contributed by atoms with Crippen LogP contribution in [-0.2, 0) is 22.2 Å². The summed E-state index contributed by atoms with van der Waals surface area (Å²) in [6.07, 6.45) is 2.99. The first-order valence-corrected chi connectivity index (χ1v) is 8.66. The van der Waals surface area contributed by atoms with Crippen LogP contribution in [-0.4, -0.2) is 52.6 Å². The van der Waals surface area contributed by atoms with E-state index in [1.54, 1.807) is 0 Å². The molecule has 1 heterocycles. The summed E-state index contributed by atoms with van der Waals surface area (Å²) in [5, 5.41) is 1.12. The van der Waals surface area contributed by atoms with E-state index in [-0.39, 0.29) is 5.75 Å². The second-order valence-electron chi connectivity index (χ2n) is 6.42. The molecule has 0 bridgehead atoms. The molecule has 0 saturated carbocycles. The number of quaternary nitrogens is 1. The highest BCUT2D eigenvalue weighted by molar-refractivity contribution is 7.88. The molecule has 1 aromatic heterocycles. The lowest BCUT2D eigenvalue weighted by atomic mass is 10.1. The first-order chi connectivity index (χ1) is 9.70. The molecule has 0 aliphatic rings. The van der Waals surface area contributed by atoms with Crippen molar-refractivity contribution in [1.29, 1.82) is 0 Å². The van der Waals surface area contributed by atoms with Gasteiger partial charge >= 0.3 is 0 Å². The van der Waals surface area contributed by atoms with Crippen molar-refractivity contribution in [2.24, 2.45) is 0 Å². The van der Waals surface area contributed by atoms with Crippen LogP contribution in [0.2, 0.25) is 0 Å². The zero-order valence-electron chi connectivity index (χ0n) is 13.1. The Morgan fingerprint density at radius 1 is 1.24 bits per heavy atom. The maximum atomic E-state index is 11.7. The molecule has 21 heavy (non-hydrogen) atoms. The van der Waals surface area contributed by atoms with E-state index in [1.807, 2.05) is 24.4 Å². The molecule has 2 N–H and O–H groups in total. The second kappa shape index (κ2) is 5.79. The van der Waals surface area contributed by atoms with E-state index in [0.717, 1.165) is 33.9 Å². The summed E-state index contributed by atoms with van der Waals surface area (Å²) in [4.78, 5) is 3.26. The maximum absolute atomic E-state index is 11.7. The van der Waals surface area contributed by atoms with Crippen LogP contribution < -0.4 is 4.72 Å². The molecular weight excluding hydrogens is 286 g/mol. The van der Waals surface area contributed by atoms with Gasteiger partial charge in [0, 0.05) is 23.5 Å². The number of H-pyrrole nitrogens is 1. The predicted octanol–water partition coefficient (Wildman–Crippen LogP) is 1.47. The van der Waals surface area contributed by atoms with Crippen molar-refractivity contribution in [1.82, 2.24) is 9.71 Å². The van der Waals surface area contributed by atoms with Gasteiger partial charge in [0.25, 0.3) is 0 Å². The minimum absolute atomic E-state index is 0.0133. The van der Waals surface area contributed by atoms with E-state index in [0.29, 0.717) is 0 Å². The lowest BCUT2D eigenvalue weighted by molar-refractivity contribution is -0.870. The summed E-state index contributed by atoms with van der Waals surface area (Å²) in [5.41, 5.74) is 3.10. The van der Waals surface area contributed by atoms with Crippen molar-refractivity contribution >= 4 is 20.9 Å². The number of nitrogens with zero attached hydrogens (tertiary/aromatic N) is 1. The third-order valence-electron chi connectivity index (χ3n) is 3.55. The molecule has 0 saturated heterocycles. The van der Waals surface area contributed by atoms with Crippen molar-refractivity contribution in [3.8, 4) is 0 Å². The lowest BCUT2D eigenvalue weighted by Crippen LogP contribution is -2.36. The lowest BCUT2D eigenvalue weighted by Gasteiger charge is -2.23. The largest absolute Gasteiger partial charge is 0.361 e. The zero-order chi connectivity index (χ0) is 15.7. The molecule has 6 heteroatoms. The standard InChI is InChI=1S/C15H24N3O2S/c1-16-21(19,20)11-12-5-6-15-14(9-12)13(10-17-15)7-8-18(2,3)4/h5-6,9-10,16-17H,7-8,11H2,1-4H3/q+1. The van der Waals surface area contributed by atoms with Gasteiger partial charge in [-0.05, 0) is 30.3 Å². The summed E-state index contributed by atoms with van der Waals surface area (Å²) >= 11 is 0. The van der Waals surface area contributed by atoms with Crippen LogP contribution in [0.3, 0.4) is 0 Å². The summed E-state index contributed by atoms with van der Waals surface area (Å²) in [6, 6.07) is 5.79. The number of hydrogen-bond donors (Lipinski definition) is 2. The smallest absolute Gasteiger partial charge is 0.215 e. The van der Waals surface area contributed by atoms with Crippen molar-refractivity contribution in [2.45, 2.75) is 12.2 Å². The maximum Gasteiger partial charge on any atom is 0.215 e. The molecule has 2 aromatic rings. The fourth-order valence-electron chi connectivity index (χ4n) is 2.27. The van der Waals surface area contributed by atoms with Gasteiger partial charge in [0.05, 0.1) is 33.4 Å². The molecule has 0 aliphatic heterocycles. The predicted molar refractivity (Wildman–Crippen MR) is 86.6 cm³/mol. The molecule has 1 aromatic carbocycles. The number of nitrogens with one attached hydrogen (secondary N) is 2. The molecule has 5 nitrogen and oxygen atoms in total. The van der Waals surface area contributed by atoms with Gasteiger partial charge in [-0.1, -0.05) is 6.07 Å². The van der Waals surface area contributed by atoms with Gasteiger partial charge in [-0.25, -0.2) is 13.1 Å². The Hall–Kier alpha value is -1.37. The number of sulfonamides is 1. The van der Waals surface area contributed by atoms with E-state index in [1.165, 1.54) is 12.6 Å². The fourth-order valence-corrected chi connectivity index (χ4v) is 3.03. The van der Waals surface area contributed by atoms with Gasteiger partial charge < -0.3 is 9.47 Å². The van der Waals surface area contributed by atoms with Crippen LogP contribution >= 0.6 is 0 Å². The monoisotopic (exact) mass is 310 g/mol. The van der Waals surface area contributed by atoms with Gasteiger partial charge in [-0.3, -0.25) is 0 Å². The number of aromatic nitrogens is 1. The highest BCUT2D eigenvalue weighted by Gasteiger charge is 2.13. The molecule has 0 fully saturated rings. The summed E-state index contributed by atoms with van der Waals surface area (Å²) < 4.78 is 26.6. The van der Waals surface area contributed by atoms with Crippen LogP contribution in [0.4, 0.5) is 0 Å². The van der Waals surface area contributed by atoms with Crippen LogP contribution in [0.25, 0.3) is 10.9 Å². The Morgan fingerprint density at radius 2 is 1.95 bits per heavy atom. The minimum Gasteiger partial charge on any atom is -0.361 e. The molecule has 116 valence electrons. The first-order valence-electron chi connectivity index (χ1n) is 7.01. The van der Waals surface area contributed by atoms with E-state index in [4.69, 9.17) is 0 Å². The van der Waals surface area contributed by atoms with Crippen molar-refractivity contribution < 1.29 is 12.9 Å². The molecule has 2 rings (SSSR count). The molecule has 0 aliphatic carbocycles. The molecule has 0 unspecified atom stereocenters. The number of likely N-dealkylation sites (N-methyl/N-ethyl adjacent to an activating group) is 1. The quantitative estimate of drug-likeness (QED) is 0.794. The molecule has 0 amide bonds. The fraction of sp³-hybridized carbons (Fsp3) is 0.467. The van der Waals surface area contributed by atoms with Crippen molar-refractivity contribution in [3.05, 3.63) is 35.5 Å². The Bertz CT molecular complexity index is 727. The van der Waals surface area contributed by atoms with Crippen LogP contribution in [0.15, 0.2) is 24.4 Å². The van der Waals surface area contributed by atoms with E-state index < -0.39 is 10.0 Å². The molecule has 0 atom stereocenters. The third-order valence-corrected chi connectivity index (χ3v) is 4.89. The highest BCUT2D eigenvalue weighted by Crippen LogP contribution is 2.21. The summed E-state index contributed by atoms with van der Waals surface area (Å²) in [7, 11) is 4.70. The number of rotatable bonds is 6. The Labute approximate surface area is 126 Å². The molecule has 0 spiro atoms. The molecular formula is C15H24N3O2S+. The Balaban J connectivity index is 2.29. The second-order valence-corrected chi connectivity index (χ2v) is 8.35. The minimum atomic E-state index is -3.24. The topological polar surface area (TPSA) is 62.0 Å². The first kappa shape index (κ1) is 16.0. The van der Waals surface area contributed by atoms with E-state index >= 15 is 0 Å². The van der Waals surface area contributed by atoms with Gasteiger partial charge in [-0.15, -0.1) is 0 Å². The van der Waals surface area contributed by atoms with Crippen LogP contribution in [0.5, 0.6) is 0 Å². The SMILES string of the molecule is CNS(=O)(=O)Cc1ccc2[nH]cc(CC[N+](C)(C)C)c2c1. The summed E-state index contributed by atoms with van der Waals surface area (Å²) in [5.74, 6) is 0.0133. The number of hydrogen-bond acceptors (Lipinski definition) is 2. The van der Waals surface area contributed by atoms with Crippen LogP contribution in [0.1, 0.15) is 11.1 Å². The highest BCUT2D eigenvalue weighted by atomic mass is 32.2. The zero-order valence-corrected chi connectivity index (χ0v) is 13.9. The molecule has 0 radical (unpaired) electrons. The number of fused-ring (bicyclic) bond motifs is 1. The van der Waals surface area contributed by atoms with E-state index in [2.05, 4.69) is 30.8 Å². The number of aromatic amines is 1.